The summed E-state index contributed by atoms with van der Waals surface area (Å²) in [4.78, 5) is 23.0. The van der Waals surface area contributed by atoms with Gasteiger partial charge in [-0.05, 0) is 81.2 Å². The molecule has 4 rings (SSSR count). The lowest BCUT2D eigenvalue weighted by atomic mass is 9.78. The molecule has 49 heavy (non-hydrogen) atoms. The predicted octanol–water partition coefficient (Wildman–Crippen LogP) is 3.91. The summed E-state index contributed by atoms with van der Waals surface area (Å²) in [7, 11) is -3.00. The number of carbonyl (C=O) groups excluding carboxylic acids is 2. The monoisotopic (exact) mass is 705 g/mol. The fourth-order valence-electron chi connectivity index (χ4n) is 6.50. The van der Waals surface area contributed by atoms with E-state index in [1.54, 1.807) is 13.8 Å². The molecule has 2 fully saturated rings. The minimum Gasteiger partial charge on any atom is -0.497 e. The Morgan fingerprint density at radius 1 is 1.06 bits per heavy atom. The number of nitrogens with two attached hydrogens (primary N) is 1. The molecule has 0 spiro atoms. The van der Waals surface area contributed by atoms with Crippen LogP contribution in [-0.2, 0) is 35.2 Å². The van der Waals surface area contributed by atoms with Gasteiger partial charge in [-0.15, -0.1) is 0 Å². The molecule has 2 aliphatic rings. The fourth-order valence-corrected chi connectivity index (χ4v) is 8.50. The number of sulfone groups is 1. The second-order valence-corrected chi connectivity index (χ2v) is 16.1. The van der Waals surface area contributed by atoms with Gasteiger partial charge in [0.15, 0.2) is 21.0 Å². The molecule has 2 aromatic carbocycles. The third-order valence-electron chi connectivity index (χ3n) is 8.99. The molecule has 272 valence electrons. The van der Waals surface area contributed by atoms with Crippen molar-refractivity contribution < 1.29 is 46.8 Å². The fraction of sp³-hybridized carbons (Fsp3) is 0.600. The molecule has 2 saturated heterocycles. The smallest absolute Gasteiger partial charge is 0.407 e. The number of hydrogen-bond donors (Lipinski definition) is 4. The number of carbonyl (C=O) groups is 2. The standard InChI is InChI=1S/C35H51N3O10S/c1-23(2)47-32(40)37-18-9-17-34(3,4)22-35(36,49(42,43)26-14-12-25(44-5)13-15-26)30(39)28(20-24-10-7-6-8-11-24)38-33(41)48-29-21-46-31-27(29)16-19-45-31/h6-8,10-15,23,27-31,39H,9,16-22,36H2,1-5H3,(H,37,40)(H,38,41)/t27-,28-,29-,30+,31+,35?/m0/s1. The number of hydrogen-bond acceptors (Lipinski definition) is 11. The molecule has 0 aliphatic carbocycles. The number of amides is 2. The second kappa shape index (κ2) is 16.5. The van der Waals surface area contributed by atoms with Crippen LogP contribution < -0.4 is 21.1 Å². The van der Waals surface area contributed by atoms with Crippen LogP contribution in [0.5, 0.6) is 5.75 Å². The van der Waals surface area contributed by atoms with Gasteiger partial charge in [0.25, 0.3) is 0 Å². The van der Waals surface area contributed by atoms with E-state index in [4.69, 9.17) is 29.4 Å². The number of rotatable bonds is 16. The number of alkyl carbamates (subject to hydrolysis) is 2. The average Bonchev–Trinajstić information content (AvgIpc) is 3.67. The van der Waals surface area contributed by atoms with E-state index in [9.17, 15) is 23.1 Å². The molecule has 13 nitrogen and oxygen atoms in total. The molecule has 0 aromatic heterocycles. The number of benzene rings is 2. The van der Waals surface area contributed by atoms with E-state index >= 15 is 0 Å². The van der Waals surface area contributed by atoms with Crippen LogP contribution in [-0.4, -0.2) is 88.1 Å². The first-order chi connectivity index (χ1) is 23.1. The van der Waals surface area contributed by atoms with Gasteiger partial charge in [0.05, 0.1) is 43.3 Å². The molecule has 0 radical (unpaired) electrons. The van der Waals surface area contributed by atoms with Crippen LogP contribution in [0, 0.1) is 11.3 Å². The van der Waals surface area contributed by atoms with Crippen LogP contribution in [0.3, 0.4) is 0 Å². The molecule has 1 unspecified atom stereocenters. The highest BCUT2D eigenvalue weighted by Crippen LogP contribution is 2.40. The van der Waals surface area contributed by atoms with Crippen molar-refractivity contribution >= 4 is 22.0 Å². The Hall–Kier alpha value is -3.43. The summed E-state index contributed by atoms with van der Waals surface area (Å²) in [5.41, 5.74) is 6.98. The van der Waals surface area contributed by atoms with E-state index in [0.717, 1.165) is 5.56 Å². The van der Waals surface area contributed by atoms with Gasteiger partial charge in [-0.3, -0.25) is 0 Å². The number of fused-ring (bicyclic) bond motifs is 1. The third kappa shape index (κ3) is 9.85. The van der Waals surface area contributed by atoms with Gasteiger partial charge < -0.3 is 45.2 Å². The molecule has 0 bridgehead atoms. The highest BCUT2D eigenvalue weighted by atomic mass is 32.2. The molecule has 2 amide bonds. The lowest BCUT2D eigenvalue weighted by Crippen LogP contribution is -2.65. The Kier molecular flexibility index (Phi) is 12.9. The van der Waals surface area contributed by atoms with Gasteiger partial charge in [-0.1, -0.05) is 44.2 Å². The average molecular weight is 706 g/mol. The number of ether oxygens (including phenoxy) is 5. The number of methoxy groups -OCH3 is 1. The van der Waals surface area contributed by atoms with Gasteiger partial charge in [0.2, 0.25) is 0 Å². The molecular weight excluding hydrogens is 654 g/mol. The van der Waals surface area contributed by atoms with Crippen molar-refractivity contribution in [3.05, 3.63) is 60.2 Å². The van der Waals surface area contributed by atoms with Crippen molar-refractivity contribution in [2.24, 2.45) is 17.1 Å². The molecule has 2 aromatic rings. The van der Waals surface area contributed by atoms with E-state index in [2.05, 4.69) is 10.6 Å². The van der Waals surface area contributed by atoms with Gasteiger partial charge in [0.1, 0.15) is 18.0 Å². The Morgan fingerprint density at radius 2 is 1.76 bits per heavy atom. The van der Waals surface area contributed by atoms with Crippen molar-refractivity contribution in [2.75, 3.05) is 26.9 Å². The zero-order valence-corrected chi connectivity index (χ0v) is 29.7. The first-order valence-corrected chi connectivity index (χ1v) is 18.2. The quantitative estimate of drug-likeness (QED) is 0.186. The summed E-state index contributed by atoms with van der Waals surface area (Å²) in [6, 6.07) is 13.7. The van der Waals surface area contributed by atoms with Gasteiger partial charge in [-0.25, -0.2) is 18.0 Å². The van der Waals surface area contributed by atoms with Crippen molar-refractivity contribution in [1.82, 2.24) is 10.6 Å². The largest absolute Gasteiger partial charge is 0.497 e. The SMILES string of the molecule is COc1ccc(S(=O)(=O)C(N)(CC(C)(C)CCCNC(=O)OC(C)C)[C@H](O)[C@H](Cc2ccccc2)NC(=O)O[C@H]2CO[C@H]3OCC[C@H]32)cc1. The van der Waals surface area contributed by atoms with Gasteiger partial charge in [-0.2, -0.15) is 0 Å². The van der Waals surface area contributed by atoms with E-state index in [1.807, 2.05) is 44.2 Å². The summed E-state index contributed by atoms with van der Waals surface area (Å²) < 4.78 is 56.4. The lowest BCUT2D eigenvalue weighted by molar-refractivity contribution is -0.0907. The van der Waals surface area contributed by atoms with Crippen molar-refractivity contribution in [2.45, 2.75) is 100 Å². The normalized spacial score (nSPS) is 21.7. The zero-order valence-electron chi connectivity index (χ0n) is 28.9. The molecule has 5 N–H and O–H groups in total. The van der Waals surface area contributed by atoms with Crippen molar-refractivity contribution in [3.8, 4) is 5.75 Å². The summed E-state index contributed by atoms with van der Waals surface area (Å²) in [6.45, 7) is 8.17. The van der Waals surface area contributed by atoms with Gasteiger partial charge in [0, 0.05) is 6.54 Å². The summed E-state index contributed by atoms with van der Waals surface area (Å²) in [5, 5.41) is 17.7. The Balaban J connectivity index is 1.63. The maximum absolute atomic E-state index is 14.6. The maximum Gasteiger partial charge on any atom is 0.407 e. The number of aliphatic hydroxyl groups is 1. The molecule has 0 saturated carbocycles. The molecular formula is C35H51N3O10S. The molecule has 6 atom stereocenters. The van der Waals surface area contributed by atoms with Crippen LogP contribution in [0.15, 0.2) is 59.5 Å². The predicted molar refractivity (Wildman–Crippen MR) is 181 cm³/mol. The number of aliphatic hydroxyl groups excluding tert-OH is 1. The Morgan fingerprint density at radius 3 is 2.41 bits per heavy atom. The number of nitrogens with one attached hydrogen (secondary N) is 2. The van der Waals surface area contributed by atoms with Crippen LogP contribution in [0.4, 0.5) is 9.59 Å². The summed E-state index contributed by atoms with van der Waals surface area (Å²) in [5.74, 6) is 0.331. The molecule has 14 heteroatoms. The lowest BCUT2D eigenvalue weighted by Gasteiger charge is -2.42. The van der Waals surface area contributed by atoms with E-state index in [0.29, 0.717) is 38.2 Å². The molecule has 2 heterocycles. The second-order valence-electron chi connectivity index (χ2n) is 13.8. The first kappa shape index (κ1) is 38.4. The van der Waals surface area contributed by atoms with Crippen LogP contribution in [0.1, 0.15) is 58.9 Å². The highest BCUT2D eigenvalue weighted by Gasteiger charge is 2.53. The van der Waals surface area contributed by atoms with Crippen LogP contribution in [0.2, 0.25) is 0 Å². The molecule has 2 aliphatic heterocycles. The Labute approximate surface area is 289 Å². The highest BCUT2D eigenvalue weighted by molar-refractivity contribution is 7.92. The van der Waals surface area contributed by atoms with E-state index in [-0.39, 0.29) is 36.4 Å². The minimum absolute atomic E-state index is 0.0623. The maximum atomic E-state index is 14.6. The zero-order chi connectivity index (χ0) is 35.8. The van der Waals surface area contributed by atoms with Gasteiger partial charge >= 0.3 is 12.2 Å². The summed E-state index contributed by atoms with van der Waals surface area (Å²) >= 11 is 0. The van der Waals surface area contributed by atoms with Crippen molar-refractivity contribution in [1.29, 1.82) is 0 Å². The topological polar surface area (TPSA) is 185 Å². The summed E-state index contributed by atoms with van der Waals surface area (Å²) in [6.07, 6.45) is -2.95. The van der Waals surface area contributed by atoms with E-state index in [1.165, 1.54) is 31.4 Å². The third-order valence-corrected chi connectivity index (χ3v) is 11.3. The Bertz CT molecular complexity index is 1490. The van der Waals surface area contributed by atoms with E-state index < -0.39 is 56.8 Å². The first-order valence-electron chi connectivity index (χ1n) is 16.7. The van der Waals surface area contributed by atoms with Crippen LogP contribution in [0.25, 0.3) is 0 Å². The van der Waals surface area contributed by atoms with Crippen LogP contribution >= 0.6 is 0 Å². The van der Waals surface area contributed by atoms with Crippen molar-refractivity contribution in [3.63, 3.8) is 0 Å². The minimum atomic E-state index is -4.47.